The number of nitrogens with one attached hydrogen (secondary N) is 1. The van der Waals surface area contributed by atoms with E-state index in [9.17, 15) is 8.78 Å². The Kier molecular flexibility index (Phi) is 3.31. The molecule has 0 saturated carbocycles. The Balaban J connectivity index is 1.64. The Bertz CT molecular complexity index is 422. The molecule has 3 rings (SSSR count). The summed E-state index contributed by atoms with van der Waals surface area (Å²) in [5, 5.41) is 3.54. The van der Waals surface area contributed by atoms with Gasteiger partial charge in [-0.1, -0.05) is 6.07 Å². The highest BCUT2D eigenvalue weighted by Gasteiger charge is 2.33. The van der Waals surface area contributed by atoms with Gasteiger partial charge in [-0.05, 0) is 43.0 Å². The monoisotopic (exact) mass is 252 g/mol. The highest BCUT2D eigenvalue weighted by molar-refractivity contribution is 5.18. The molecule has 1 aromatic rings. The van der Waals surface area contributed by atoms with E-state index in [1.807, 2.05) is 0 Å². The Labute approximate surface area is 106 Å². The predicted molar refractivity (Wildman–Crippen MR) is 66.1 cm³/mol. The van der Waals surface area contributed by atoms with E-state index in [0.717, 1.165) is 31.1 Å². The fourth-order valence-corrected chi connectivity index (χ4v) is 3.16. The molecule has 2 fully saturated rings. The summed E-state index contributed by atoms with van der Waals surface area (Å²) in [6, 6.07) is 4.79. The van der Waals surface area contributed by atoms with Crippen molar-refractivity contribution in [1.29, 1.82) is 0 Å². The fraction of sp³-hybridized carbons (Fsp3) is 0.571. The molecule has 0 unspecified atom stereocenters. The summed E-state index contributed by atoms with van der Waals surface area (Å²) in [7, 11) is 0. The van der Waals surface area contributed by atoms with Gasteiger partial charge in [-0.25, -0.2) is 8.78 Å². The summed E-state index contributed by atoms with van der Waals surface area (Å²) >= 11 is 0. The van der Waals surface area contributed by atoms with Gasteiger partial charge in [0.15, 0.2) is 11.6 Å². The molecule has 0 radical (unpaired) electrons. The molecule has 0 aromatic heterocycles. The second-order valence-corrected chi connectivity index (χ2v) is 5.41. The Hall–Kier alpha value is -1.00. The van der Waals surface area contributed by atoms with E-state index >= 15 is 0 Å². The van der Waals surface area contributed by atoms with Crippen LogP contribution in [0.5, 0.6) is 0 Å². The zero-order valence-corrected chi connectivity index (χ0v) is 10.3. The van der Waals surface area contributed by atoms with Crippen molar-refractivity contribution in [2.24, 2.45) is 5.92 Å². The van der Waals surface area contributed by atoms with Crippen LogP contribution in [0.15, 0.2) is 18.2 Å². The van der Waals surface area contributed by atoms with Gasteiger partial charge in [0.25, 0.3) is 0 Å². The van der Waals surface area contributed by atoms with Crippen LogP contribution >= 0.6 is 0 Å². The molecule has 2 aliphatic heterocycles. The van der Waals surface area contributed by atoms with Crippen molar-refractivity contribution >= 4 is 0 Å². The second kappa shape index (κ2) is 4.94. The van der Waals surface area contributed by atoms with E-state index in [1.165, 1.54) is 25.0 Å². The zero-order valence-electron chi connectivity index (χ0n) is 10.3. The number of halogens is 2. The fourth-order valence-electron chi connectivity index (χ4n) is 3.16. The lowest BCUT2D eigenvalue weighted by molar-refractivity contribution is 0.312. The Morgan fingerprint density at radius 2 is 2.11 bits per heavy atom. The molecule has 1 N–H and O–H groups in total. The lowest BCUT2D eigenvalue weighted by atomic mass is 9.94. The number of piperidine rings is 1. The lowest BCUT2D eigenvalue weighted by Gasteiger charge is -2.24. The van der Waals surface area contributed by atoms with E-state index in [-0.39, 0.29) is 0 Å². The third kappa shape index (κ3) is 2.40. The molecule has 2 aliphatic rings. The Morgan fingerprint density at radius 3 is 2.89 bits per heavy atom. The summed E-state index contributed by atoms with van der Waals surface area (Å²) in [5.41, 5.74) is 0.854. The third-order valence-electron chi connectivity index (χ3n) is 4.07. The first kappa shape index (κ1) is 12.1. The largest absolute Gasteiger partial charge is 0.312 e. The number of nitrogens with zero attached hydrogens (tertiary/aromatic N) is 1. The van der Waals surface area contributed by atoms with E-state index in [0.29, 0.717) is 12.6 Å². The molecule has 2 heterocycles. The van der Waals surface area contributed by atoms with Gasteiger partial charge in [-0.3, -0.25) is 4.90 Å². The quantitative estimate of drug-likeness (QED) is 0.867. The van der Waals surface area contributed by atoms with Crippen LogP contribution in [0.2, 0.25) is 0 Å². The smallest absolute Gasteiger partial charge is 0.159 e. The van der Waals surface area contributed by atoms with Gasteiger partial charge < -0.3 is 5.32 Å². The molecule has 18 heavy (non-hydrogen) atoms. The van der Waals surface area contributed by atoms with E-state index in [1.54, 1.807) is 6.07 Å². The molecule has 0 bridgehead atoms. The van der Waals surface area contributed by atoms with Crippen LogP contribution in [0.1, 0.15) is 18.4 Å². The van der Waals surface area contributed by atoms with E-state index in [2.05, 4.69) is 10.2 Å². The van der Waals surface area contributed by atoms with Crippen molar-refractivity contribution < 1.29 is 8.78 Å². The SMILES string of the molecule is Fc1ccc(CN2C[C@@H]3CCCN[C@@H]3C2)cc1F. The highest BCUT2D eigenvalue weighted by Crippen LogP contribution is 2.26. The first-order chi connectivity index (χ1) is 8.72. The predicted octanol–water partition coefficient (Wildman–Crippen LogP) is 2.15. The van der Waals surface area contributed by atoms with Crippen LogP contribution in [0.4, 0.5) is 8.78 Å². The minimum atomic E-state index is -0.768. The topological polar surface area (TPSA) is 15.3 Å². The number of likely N-dealkylation sites (tertiary alicyclic amines) is 1. The molecule has 2 atom stereocenters. The van der Waals surface area contributed by atoms with Crippen molar-refractivity contribution in [1.82, 2.24) is 10.2 Å². The molecular weight excluding hydrogens is 234 g/mol. The summed E-state index contributed by atoms with van der Waals surface area (Å²) in [5.74, 6) is -0.790. The molecule has 0 amide bonds. The molecular formula is C14H18F2N2. The van der Waals surface area contributed by atoms with Crippen molar-refractivity contribution in [3.8, 4) is 0 Å². The van der Waals surface area contributed by atoms with Crippen LogP contribution in [0, 0.1) is 17.6 Å². The molecule has 4 heteroatoms. The van der Waals surface area contributed by atoms with Gasteiger partial charge in [0.2, 0.25) is 0 Å². The maximum Gasteiger partial charge on any atom is 0.159 e. The molecule has 1 aromatic carbocycles. The number of hydrogen-bond acceptors (Lipinski definition) is 2. The van der Waals surface area contributed by atoms with Crippen LogP contribution in [-0.2, 0) is 6.54 Å². The normalized spacial score (nSPS) is 28.3. The first-order valence-corrected chi connectivity index (χ1v) is 6.62. The number of fused-ring (bicyclic) bond motifs is 1. The van der Waals surface area contributed by atoms with Gasteiger partial charge in [0, 0.05) is 25.7 Å². The van der Waals surface area contributed by atoms with Crippen molar-refractivity contribution in [3.05, 3.63) is 35.4 Å². The van der Waals surface area contributed by atoms with Crippen LogP contribution in [-0.4, -0.2) is 30.6 Å². The summed E-state index contributed by atoms with van der Waals surface area (Å²) in [4.78, 5) is 2.33. The van der Waals surface area contributed by atoms with Crippen molar-refractivity contribution in [3.63, 3.8) is 0 Å². The average Bonchev–Trinajstić information content (AvgIpc) is 2.76. The van der Waals surface area contributed by atoms with Gasteiger partial charge in [0.05, 0.1) is 0 Å². The molecule has 2 saturated heterocycles. The molecule has 0 aliphatic carbocycles. The zero-order chi connectivity index (χ0) is 12.5. The van der Waals surface area contributed by atoms with Gasteiger partial charge in [-0.15, -0.1) is 0 Å². The minimum Gasteiger partial charge on any atom is -0.312 e. The van der Waals surface area contributed by atoms with E-state index in [4.69, 9.17) is 0 Å². The number of benzene rings is 1. The molecule has 98 valence electrons. The van der Waals surface area contributed by atoms with E-state index < -0.39 is 11.6 Å². The standard InChI is InChI=1S/C14H18F2N2/c15-12-4-3-10(6-13(12)16)7-18-8-11-2-1-5-17-14(11)9-18/h3-4,6,11,14,17H,1-2,5,7-9H2/t11-,14+/m0/s1. The third-order valence-corrected chi connectivity index (χ3v) is 4.07. The summed E-state index contributed by atoms with van der Waals surface area (Å²) in [6.45, 7) is 3.91. The number of hydrogen-bond donors (Lipinski definition) is 1. The molecule has 2 nitrogen and oxygen atoms in total. The van der Waals surface area contributed by atoms with Crippen molar-refractivity contribution in [2.45, 2.75) is 25.4 Å². The highest BCUT2D eigenvalue weighted by atomic mass is 19.2. The van der Waals surface area contributed by atoms with Crippen LogP contribution in [0.3, 0.4) is 0 Å². The first-order valence-electron chi connectivity index (χ1n) is 6.62. The van der Waals surface area contributed by atoms with Crippen LogP contribution < -0.4 is 5.32 Å². The summed E-state index contributed by atoms with van der Waals surface area (Å²) < 4.78 is 26.0. The molecule has 0 spiro atoms. The lowest BCUT2D eigenvalue weighted by Crippen LogP contribution is -2.40. The maximum atomic E-state index is 13.1. The minimum absolute atomic E-state index is 0.587. The van der Waals surface area contributed by atoms with Crippen molar-refractivity contribution in [2.75, 3.05) is 19.6 Å². The number of rotatable bonds is 2. The van der Waals surface area contributed by atoms with Gasteiger partial charge >= 0.3 is 0 Å². The second-order valence-electron chi connectivity index (χ2n) is 5.41. The summed E-state index contributed by atoms with van der Waals surface area (Å²) in [6.07, 6.45) is 2.53. The maximum absolute atomic E-state index is 13.1. The van der Waals surface area contributed by atoms with Gasteiger partial charge in [-0.2, -0.15) is 0 Å². The van der Waals surface area contributed by atoms with Gasteiger partial charge in [0.1, 0.15) is 0 Å². The average molecular weight is 252 g/mol. The van der Waals surface area contributed by atoms with Crippen LogP contribution in [0.25, 0.3) is 0 Å². The Morgan fingerprint density at radius 1 is 1.22 bits per heavy atom.